The van der Waals surface area contributed by atoms with Gasteiger partial charge in [0.1, 0.15) is 5.75 Å². The first-order chi connectivity index (χ1) is 14.3. The Morgan fingerprint density at radius 1 is 1.17 bits per heavy atom. The molecule has 4 rings (SSSR count). The van der Waals surface area contributed by atoms with E-state index >= 15 is 0 Å². The molecule has 1 aliphatic carbocycles. The summed E-state index contributed by atoms with van der Waals surface area (Å²) in [4.78, 5) is 15.2. The van der Waals surface area contributed by atoms with E-state index in [4.69, 9.17) is 9.47 Å². The number of alkyl halides is 3. The summed E-state index contributed by atoms with van der Waals surface area (Å²) in [7, 11) is 1.58. The van der Waals surface area contributed by atoms with Gasteiger partial charge in [-0.05, 0) is 54.7 Å². The molecule has 0 amide bonds. The molecule has 1 aliphatic heterocycles. The number of aryl methyl sites for hydroxylation is 1. The van der Waals surface area contributed by atoms with E-state index in [-0.39, 0.29) is 23.7 Å². The molecule has 1 heterocycles. The number of ketones is 1. The van der Waals surface area contributed by atoms with Crippen molar-refractivity contribution in [3.8, 4) is 5.75 Å². The van der Waals surface area contributed by atoms with Crippen LogP contribution in [0.2, 0.25) is 0 Å². The minimum Gasteiger partial charge on any atom is -0.495 e. The molecular weight excluding hydrogens is 395 g/mol. The van der Waals surface area contributed by atoms with E-state index in [1.54, 1.807) is 19.2 Å². The van der Waals surface area contributed by atoms with E-state index in [0.717, 1.165) is 24.3 Å². The molecule has 160 valence electrons. The van der Waals surface area contributed by atoms with Gasteiger partial charge in [-0.25, -0.2) is 0 Å². The fourth-order valence-corrected chi connectivity index (χ4v) is 4.35. The number of Topliss-reactive ketones (excluding diaryl/α,β-unsaturated/α-hetero) is 1. The standard InChI is InChI=1S/C23H24F3NO3/c1-14-3-4-15(10-19(14)23(24,25)26)9-17-11-16-12-20(27-5-7-30-8-6-27)21(29-2)13-18(16)22(17)28/h3-4,10,12-13,17H,5-9,11H2,1-2H3. The van der Waals surface area contributed by atoms with Crippen LogP contribution in [0.25, 0.3) is 0 Å². The molecule has 1 atom stereocenters. The van der Waals surface area contributed by atoms with Crippen LogP contribution in [0.3, 0.4) is 0 Å². The SMILES string of the molecule is COc1cc2c(cc1N1CCOCC1)CC(Cc1ccc(C)c(C(F)(F)F)c1)C2=O. The van der Waals surface area contributed by atoms with Gasteiger partial charge in [0.05, 0.1) is 31.6 Å². The summed E-state index contributed by atoms with van der Waals surface area (Å²) in [5.74, 6) is 0.235. The zero-order valence-electron chi connectivity index (χ0n) is 17.0. The quantitative estimate of drug-likeness (QED) is 0.734. The minimum absolute atomic E-state index is 0.0361. The second kappa shape index (κ2) is 7.95. The van der Waals surface area contributed by atoms with E-state index in [0.29, 0.717) is 36.5 Å². The third-order valence-corrected chi connectivity index (χ3v) is 5.95. The number of carbonyl (C=O) groups is 1. The van der Waals surface area contributed by atoms with Crippen molar-refractivity contribution in [3.05, 3.63) is 58.1 Å². The summed E-state index contributed by atoms with van der Waals surface area (Å²) >= 11 is 0. The van der Waals surface area contributed by atoms with Crippen molar-refractivity contribution < 1.29 is 27.4 Å². The Balaban J connectivity index is 1.59. The number of anilines is 1. The summed E-state index contributed by atoms with van der Waals surface area (Å²) in [6.45, 7) is 4.21. The molecule has 7 heteroatoms. The van der Waals surface area contributed by atoms with Gasteiger partial charge in [0, 0.05) is 24.6 Å². The highest BCUT2D eigenvalue weighted by molar-refractivity contribution is 6.03. The lowest BCUT2D eigenvalue weighted by molar-refractivity contribution is -0.138. The van der Waals surface area contributed by atoms with Crippen molar-refractivity contribution in [1.82, 2.24) is 0 Å². The third kappa shape index (κ3) is 3.90. The average molecular weight is 419 g/mol. The molecule has 30 heavy (non-hydrogen) atoms. The number of nitrogens with zero attached hydrogens (tertiary/aromatic N) is 1. The Labute approximate surface area is 173 Å². The number of benzene rings is 2. The molecule has 0 spiro atoms. The Hall–Kier alpha value is -2.54. The number of morpholine rings is 1. The first-order valence-corrected chi connectivity index (χ1v) is 10.0. The number of carbonyl (C=O) groups excluding carboxylic acids is 1. The van der Waals surface area contributed by atoms with Crippen LogP contribution in [0.1, 0.15) is 32.6 Å². The molecule has 0 bridgehead atoms. The number of methoxy groups -OCH3 is 1. The van der Waals surface area contributed by atoms with Crippen molar-refractivity contribution in [1.29, 1.82) is 0 Å². The van der Waals surface area contributed by atoms with Gasteiger partial charge in [0.15, 0.2) is 5.78 Å². The molecular formula is C23H24F3NO3. The largest absolute Gasteiger partial charge is 0.495 e. The second-order valence-corrected chi connectivity index (χ2v) is 7.90. The highest BCUT2D eigenvalue weighted by atomic mass is 19.4. The molecule has 1 fully saturated rings. The van der Waals surface area contributed by atoms with Crippen LogP contribution in [0.5, 0.6) is 5.75 Å². The summed E-state index contributed by atoms with van der Waals surface area (Å²) in [5.41, 5.74) is 2.54. The van der Waals surface area contributed by atoms with E-state index in [1.807, 2.05) is 6.07 Å². The van der Waals surface area contributed by atoms with Crippen molar-refractivity contribution in [2.75, 3.05) is 38.3 Å². The smallest absolute Gasteiger partial charge is 0.416 e. The van der Waals surface area contributed by atoms with Crippen molar-refractivity contribution >= 4 is 11.5 Å². The predicted octanol–water partition coefficient (Wildman–Crippen LogP) is 4.46. The van der Waals surface area contributed by atoms with Gasteiger partial charge in [-0.1, -0.05) is 12.1 Å². The lowest BCUT2D eigenvalue weighted by Crippen LogP contribution is -2.36. The van der Waals surface area contributed by atoms with E-state index in [1.165, 1.54) is 19.1 Å². The van der Waals surface area contributed by atoms with E-state index in [2.05, 4.69) is 4.90 Å². The van der Waals surface area contributed by atoms with Crippen LogP contribution in [0.4, 0.5) is 18.9 Å². The maximum Gasteiger partial charge on any atom is 0.416 e. The van der Waals surface area contributed by atoms with Crippen molar-refractivity contribution in [3.63, 3.8) is 0 Å². The maximum atomic E-state index is 13.2. The summed E-state index contributed by atoms with van der Waals surface area (Å²) in [6.07, 6.45) is -3.60. The molecule has 2 aliphatic rings. The second-order valence-electron chi connectivity index (χ2n) is 7.90. The molecule has 2 aromatic carbocycles. The Kier molecular flexibility index (Phi) is 5.49. The number of hydrogen-bond donors (Lipinski definition) is 0. The highest BCUT2D eigenvalue weighted by Gasteiger charge is 2.35. The number of fused-ring (bicyclic) bond motifs is 1. The van der Waals surface area contributed by atoms with Crippen LogP contribution in [0, 0.1) is 12.8 Å². The van der Waals surface area contributed by atoms with Gasteiger partial charge in [-0.2, -0.15) is 13.2 Å². The van der Waals surface area contributed by atoms with Gasteiger partial charge in [-0.15, -0.1) is 0 Å². The van der Waals surface area contributed by atoms with E-state index in [9.17, 15) is 18.0 Å². The van der Waals surface area contributed by atoms with Crippen LogP contribution >= 0.6 is 0 Å². The van der Waals surface area contributed by atoms with Gasteiger partial charge >= 0.3 is 6.18 Å². The molecule has 0 aromatic heterocycles. The molecule has 4 nitrogen and oxygen atoms in total. The number of rotatable bonds is 4. The molecule has 0 radical (unpaired) electrons. The topological polar surface area (TPSA) is 38.8 Å². The van der Waals surface area contributed by atoms with Gasteiger partial charge in [0.25, 0.3) is 0 Å². The normalized spacial score (nSPS) is 19.2. The van der Waals surface area contributed by atoms with Crippen LogP contribution in [0.15, 0.2) is 30.3 Å². The van der Waals surface area contributed by atoms with Gasteiger partial charge in [0.2, 0.25) is 0 Å². The first-order valence-electron chi connectivity index (χ1n) is 10.0. The zero-order valence-corrected chi connectivity index (χ0v) is 17.0. The van der Waals surface area contributed by atoms with Crippen LogP contribution < -0.4 is 9.64 Å². The summed E-state index contributed by atoms with van der Waals surface area (Å²) < 4.78 is 50.7. The van der Waals surface area contributed by atoms with Crippen LogP contribution in [-0.2, 0) is 23.8 Å². The number of hydrogen-bond acceptors (Lipinski definition) is 4. The predicted molar refractivity (Wildman–Crippen MR) is 107 cm³/mol. The molecule has 0 saturated carbocycles. The molecule has 0 N–H and O–H groups in total. The zero-order chi connectivity index (χ0) is 21.5. The Morgan fingerprint density at radius 3 is 2.57 bits per heavy atom. The number of halogens is 3. The highest BCUT2D eigenvalue weighted by Crippen LogP contribution is 2.39. The van der Waals surface area contributed by atoms with Crippen LogP contribution in [-0.4, -0.2) is 39.2 Å². The maximum absolute atomic E-state index is 13.2. The summed E-state index contributed by atoms with van der Waals surface area (Å²) in [5, 5.41) is 0. The number of ether oxygens (including phenoxy) is 2. The molecule has 2 aromatic rings. The average Bonchev–Trinajstić information content (AvgIpc) is 3.03. The third-order valence-electron chi connectivity index (χ3n) is 5.95. The molecule has 1 saturated heterocycles. The molecule has 1 unspecified atom stereocenters. The fraction of sp³-hybridized carbons (Fsp3) is 0.435. The van der Waals surface area contributed by atoms with E-state index < -0.39 is 11.7 Å². The summed E-state index contributed by atoms with van der Waals surface area (Å²) in [6, 6.07) is 8.10. The van der Waals surface area contributed by atoms with Crippen molar-refractivity contribution in [2.45, 2.75) is 25.9 Å². The monoisotopic (exact) mass is 419 g/mol. The van der Waals surface area contributed by atoms with Crippen molar-refractivity contribution in [2.24, 2.45) is 5.92 Å². The lowest BCUT2D eigenvalue weighted by atomic mass is 9.93. The minimum atomic E-state index is -4.40. The fourth-order valence-electron chi connectivity index (χ4n) is 4.35. The Morgan fingerprint density at radius 2 is 1.90 bits per heavy atom. The Bertz CT molecular complexity index is 965. The first kappa shape index (κ1) is 20.7. The van der Waals surface area contributed by atoms with Gasteiger partial charge in [-0.3, -0.25) is 4.79 Å². The van der Waals surface area contributed by atoms with Gasteiger partial charge < -0.3 is 14.4 Å². The lowest BCUT2D eigenvalue weighted by Gasteiger charge is -2.30.